The summed E-state index contributed by atoms with van der Waals surface area (Å²) in [6, 6.07) is 25.7. The Hall–Kier alpha value is -6.39. The van der Waals surface area contributed by atoms with Crippen molar-refractivity contribution >= 4 is 32.7 Å². The van der Waals surface area contributed by atoms with Crippen molar-refractivity contribution in [2.24, 2.45) is 0 Å². The summed E-state index contributed by atoms with van der Waals surface area (Å²) in [4.78, 5) is 14.1. The molecule has 2 heterocycles. The van der Waals surface area contributed by atoms with Crippen molar-refractivity contribution in [3.63, 3.8) is 0 Å². The fourth-order valence-corrected chi connectivity index (χ4v) is 5.71. The highest BCUT2D eigenvalue weighted by Gasteiger charge is 2.17. The van der Waals surface area contributed by atoms with Gasteiger partial charge < -0.3 is 4.42 Å². The van der Waals surface area contributed by atoms with Crippen LogP contribution in [0.2, 0.25) is 0 Å². The summed E-state index contributed by atoms with van der Waals surface area (Å²) in [5.41, 5.74) is 2.24. The molecule has 0 saturated carbocycles. The van der Waals surface area contributed by atoms with Crippen LogP contribution in [-0.2, 0) is 0 Å². The van der Waals surface area contributed by atoms with Crippen LogP contribution < -0.4 is 0 Å². The van der Waals surface area contributed by atoms with E-state index in [1.54, 1.807) is 78.9 Å². The molecule has 9 aromatic rings. The average molecular weight is 612 g/mol. The third-order valence-electron chi connectivity index (χ3n) is 7.91. The van der Waals surface area contributed by atoms with Gasteiger partial charge in [0.25, 0.3) is 0 Å². The molecule has 0 unspecified atom stereocenters. The molecule has 0 N–H and O–H groups in total. The Bertz CT molecular complexity index is 3140. The fourth-order valence-electron chi connectivity index (χ4n) is 5.71. The van der Waals surface area contributed by atoms with Crippen molar-refractivity contribution < 1.29 is 18.1 Å². The summed E-state index contributed by atoms with van der Waals surface area (Å²) in [6.45, 7) is 0. The predicted molar refractivity (Wildman–Crippen MR) is 192 cm³/mol. The van der Waals surface area contributed by atoms with Gasteiger partial charge in [0.05, 0.1) is 13.7 Å². The van der Waals surface area contributed by atoms with Gasteiger partial charge in [0.1, 0.15) is 11.2 Å². The van der Waals surface area contributed by atoms with Crippen LogP contribution in [0.25, 0.3) is 89.1 Å². The number of furan rings is 1. The Balaban J connectivity index is 1.38. The van der Waals surface area contributed by atoms with Crippen LogP contribution in [0.15, 0.2) is 168 Å². The Morgan fingerprint density at radius 2 is 1.11 bits per heavy atom. The second-order valence-corrected chi connectivity index (χ2v) is 10.8. The van der Waals surface area contributed by atoms with Gasteiger partial charge in [-0.2, -0.15) is 0 Å². The zero-order valence-corrected chi connectivity index (χ0v) is 24.6. The first-order chi connectivity index (χ1) is 27.5. The Labute approximate surface area is 285 Å². The van der Waals surface area contributed by atoms with Gasteiger partial charge in [-0.3, -0.25) is 0 Å². The molecule has 0 spiro atoms. The Morgan fingerprint density at radius 1 is 0.426 bits per heavy atom. The highest BCUT2D eigenvalue weighted by atomic mass is 16.3. The molecule has 47 heavy (non-hydrogen) atoms. The first-order valence-electron chi connectivity index (χ1n) is 19.9. The molecule has 0 atom stereocenters. The molecular weight excluding hydrogens is 574 g/mol. The molecule has 220 valence electrons. The van der Waals surface area contributed by atoms with Crippen LogP contribution in [-0.4, -0.2) is 15.0 Å². The molecule has 2 aromatic heterocycles. The predicted octanol–water partition coefficient (Wildman–Crippen LogP) is 11.3. The van der Waals surface area contributed by atoms with E-state index >= 15 is 0 Å². The highest BCUT2D eigenvalue weighted by molar-refractivity contribution is 6.12. The zero-order chi connectivity index (χ0) is 39.9. The summed E-state index contributed by atoms with van der Waals surface area (Å²) >= 11 is 0. The summed E-state index contributed by atoms with van der Waals surface area (Å²) in [5.74, 6) is -0.461. The standard InChI is InChI=1S/C43H27N3O/c1-3-12-28(13-4-1)30-24-25-34-31(26-30)17-10-21-36(34)43-45-41(29-14-5-2-6-15-29)44-42(46-43)33-18-9-16-32(27-33)35-20-11-23-39-40(35)37-19-7-8-22-38(37)47-39/h1-27H/i9D,10D,16D,17D,18D,21D,24D,25D,26D,27D. The molecular formula is C43H27N3O. The maximum atomic E-state index is 9.59. The van der Waals surface area contributed by atoms with E-state index in [4.69, 9.17) is 29.0 Å². The lowest BCUT2D eigenvalue weighted by atomic mass is 9.97. The van der Waals surface area contributed by atoms with Crippen LogP contribution in [0.5, 0.6) is 0 Å². The van der Waals surface area contributed by atoms with Crippen LogP contribution in [0.4, 0.5) is 0 Å². The number of benzene rings is 7. The molecule has 4 heteroatoms. The lowest BCUT2D eigenvalue weighted by Crippen LogP contribution is -2.00. The van der Waals surface area contributed by atoms with Crippen molar-refractivity contribution in [2.45, 2.75) is 0 Å². The van der Waals surface area contributed by atoms with Crippen molar-refractivity contribution in [2.75, 3.05) is 0 Å². The third kappa shape index (κ3) is 4.84. The number of hydrogen-bond acceptors (Lipinski definition) is 4. The molecule has 0 aliphatic carbocycles. The van der Waals surface area contributed by atoms with Gasteiger partial charge in [-0.15, -0.1) is 0 Å². The zero-order valence-electron chi connectivity index (χ0n) is 34.6. The summed E-state index contributed by atoms with van der Waals surface area (Å²) < 4.78 is 97.1. The fraction of sp³-hybridized carbons (Fsp3) is 0. The Morgan fingerprint density at radius 3 is 1.96 bits per heavy atom. The van der Waals surface area contributed by atoms with Gasteiger partial charge in [0, 0.05) is 27.5 Å². The quantitative estimate of drug-likeness (QED) is 0.194. The Kier molecular flexibility index (Phi) is 4.42. The van der Waals surface area contributed by atoms with Gasteiger partial charge >= 0.3 is 0 Å². The van der Waals surface area contributed by atoms with Crippen molar-refractivity contribution in [1.82, 2.24) is 15.0 Å². The minimum Gasteiger partial charge on any atom is -0.456 e. The number of nitrogens with zero attached hydrogens (tertiary/aromatic N) is 3. The molecule has 0 bridgehead atoms. The molecule has 0 aliphatic rings. The molecule has 4 nitrogen and oxygen atoms in total. The van der Waals surface area contributed by atoms with Crippen molar-refractivity contribution in [3.05, 3.63) is 164 Å². The smallest absolute Gasteiger partial charge is 0.164 e. The number of para-hydroxylation sites is 1. The van der Waals surface area contributed by atoms with Gasteiger partial charge in [-0.05, 0) is 57.2 Å². The molecule has 0 amide bonds. The minimum atomic E-state index is -0.553. The summed E-state index contributed by atoms with van der Waals surface area (Å²) in [5, 5.41) is 1.08. The van der Waals surface area contributed by atoms with Crippen molar-refractivity contribution in [1.29, 1.82) is 0 Å². The first-order valence-corrected chi connectivity index (χ1v) is 14.9. The number of aromatic nitrogens is 3. The minimum absolute atomic E-state index is 0.0408. The lowest BCUT2D eigenvalue weighted by Gasteiger charge is -2.12. The molecule has 0 saturated heterocycles. The van der Waals surface area contributed by atoms with Gasteiger partial charge in [0.15, 0.2) is 17.5 Å². The number of hydrogen-bond donors (Lipinski definition) is 0. The van der Waals surface area contributed by atoms with E-state index in [2.05, 4.69) is 0 Å². The normalized spacial score (nSPS) is 14.4. The van der Waals surface area contributed by atoms with Gasteiger partial charge in [-0.25, -0.2) is 15.0 Å². The highest BCUT2D eigenvalue weighted by Crippen LogP contribution is 2.38. The molecule has 9 rings (SSSR count). The van der Waals surface area contributed by atoms with E-state index in [1.165, 1.54) is 0 Å². The topological polar surface area (TPSA) is 51.8 Å². The van der Waals surface area contributed by atoms with Gasteiger partial charge in [0.2, 0.25) is 0 Å². The van der Waals surface area contributed by atoms with Gasteiger partial charge in [-0.1, -0.05) is 139 Å². The maximum absolute atomic E-state index is 9.59. The molecule has 7 aromatic carbocycles. The van der Waals surface area contributed by atoms with Crippen LogP contribution in [0, 0.1) is 0 Å². The van der Waals surface area contributed by atoms with E-state index in [0.29, 0.717) is 33.2 Å². The maximum Gasteiger partial charge on any atom is 0.164 e. The van der Waals surface area contributed by atoms with Crippen LogP contribution in [0.1, 0.15) is 13.7 Å². The monoisotopic (exact) mass is 611 g/mol. The van der Waals surface area contributed by atoms with Crippen molar-refractivity contribution in [3.8, 4) is 56.4 Å². The summed E-state index contributed by atoms with van der Waals surface area (Å²) in [6.07, 6.45) is 0. The van der Waals surface area contributed by atoms with Crippen LogP contribution in [0.3, 0.4) is 0 Å². The van der Waals surface area contributed by atoms with E-state index in [-0.39, 0.29) is 74.7 Å². The van der Waals surface area contributed by atoms with E-state index in [0.717, 1.165) is 5.39 Å². The second kappa shape index (κ2) is 11.2. The molecule has 0 radical (unpaired) electrons. The third-order valence-corrected chi connectivity index (χ3v) is 7.91. The lowest BCUT2D eigenvalue weighted by molar-refractivity contribution is 0.669. The largest absolute Gasteiger partial charge is 0.456 e. The van der Waals surface area contributed by atoms with E-state index in [1.807, 2.05) is 24.3 Å². The summed E-state index contributed by atoms with van der Waals surface area (Å²) in [7, 11) is 0. The number of fused-ring (bicyclic) bond motifs is 4. The first kappa shape index (κ1) is 18.5. The average Bonchev–Trinajstić information content (AvgIpc) is 3.61. The molecule has 0 fully saturated rings. The second-order valence-electron chi connectivity index (χ2n) is 10.8. The van der Waals surface area contributed by atoms with Crippen LogP contribution >= 0.6 is 0 Å². The number of rotatable bonds is 5. The van der Waals surface area contributed by atoms with E-state index < -0.39 is 36.3 Å². The SMILES string of the molecule is [2H]c1c([2H])c(-c2nc(-c3ccccc3)nc(-c3c([2H])c([2H])c([2H])c4c([2H])c(-c5ccccc5)c([2H])c([2H])c34)n2)c([2H])c(-c2cccc3oc4ccccc4c23)c1[2H]. The van der Waals surface area contributed by atoms with E-state index in [9.17, 15) is 4.11 Å². The molecule has 0 aliphatic heterocycles.